The van der Waals surface area contributed by atoms with E-state index in [1.54, 1.807) is 0 Å². The number of likely N-dealkylation sites (tertiary alicyclic amines) is 1. The molecule has 0 aliphatic carbocycles. The number of nitrogens with one attached hydrogen (secondary N) is 1. The first-order valence-corrected chi connectivity index (χ1v) is 10.2. The SMILES string of the molecule is Cc1c(C)n(C)c2ccc(C(=O)NC3CCN(Cc4ccccc4)CC3)cc12. The van der Waals surface area contributed by atoms with Crippen molar-refractivity contribution in [2.45, 2.75) is 39.3 Å². The second-order valence-corrected chi connectivity index (χ2v) is 8.01. The Balaban J connectivity index is 1.37. The van der Waals surface area contributed by atoms with Gasteiger partial charge in [-0.1, -0.05) is 30.3 Å². The van der Waals surface area contributed by atoms with Crippen LogP contribution in [-0.4, -0.2) is 34.5 Å². The number of amides is 1. The van der Waals surface area contributed by atoms with Crippen molar-refractivity contribution in [2.24, 2.45) is 7.05 Å². The van der Waals surface area contributed by atoms with Gasteiger partial charge >= 0.3 is 0 Å². The summed E-state index contributed by atoms with van der Waals surface area (Å²) < 4.78 is 2.19. The Morgan fingerprint density at radius 3 is 2.50 bits per heavy atom. The predicted octanol–water partition coefficient (Wildman–Crippen LogP) is 4.19. The largest absolute Gasteiger partial charge is 0.349 e. The van der Waals surface area contributed by atoms with E-state index in [9.17, 15) is 4.79 Å². The zero-order valence-electron chi connectivity index (χ0n) is 17.0. The molecule has 1 aliphatic rings. The maximum absolute atomic E-state index is 12.8. The third kappa shape index (κ3) is 3.69. The Bertz CT molecular complexity index is 982. The van der Waals surface area contributed by atoms with Gasteiger partial charge in [0.25, 0.3) is 5.91 Å². The second-order valence-electron chi connectivity index (χ2n) is 8.01. The molecule has 0 bridgehead atoms. The lowest BCUT2D eigenvalue weighted by Gasteiger charge is -2.32. The number of benzene rings is 2. The predicted molar refractivity (Wildman–Crippen MR) is 115 cm³/mol. The molecule has 0 radical (unpaired) electrons. The average molecular weight is 376 g/mol. The quantitative estimate of drug-likeness (QED) is 0.742. The van der Waals surface area contributed by atoms with E-state index in [0.29, 0.717) is 0 Å². The molecule has 3 aromatic rings. The highest BCUT2D eigenvalue weighted by Gasteiger charge is 2.21. The zero-order chi connectivity index (χ0) is 19.7. The number of hydrogen-bond acceptors (Lipinski definition) is 2. The standard InChI is InChI=1S/C24H29N3O/c1-17-18(2)26(3)23-10-9-20(15-22(17)23)24(28)25-21-11-13-27(14-12-21)16-19-7-5-4-6-8-19/h4-10,15,21H,11-14,16H2,1-3H3,(H,25,28). The number of aryl methyl sites for hydroxylation is 2. The van der Waals surface area contributed by atoms with E-state index in [0.717, 1.165) is 38.0 Å². The summed E-state index contributed by atoms with van der Waals surface area (Å²) >= 11 is 0. The number of rotatable bonds is 4. The molecule has 28 heavy (non-hydrogen) atoms. The Kier molecular flexibility index (Phi) is 5.23. The number of nitrogens with zero attached hydrogens (tertiary/aromatic N) is 2. The molecule has 0 atom stereocenters. The van der Waals surface area contributed by atoms with Crippen LogP contribution in [0.4, 0.5) is 0 Å². The minimum absolute atomic E-state index is 0.0457. The van der Waals surface area contributed by atoms with Crippen molar-refractivity contribution in [1.29, 1.82) is 0 Å². The number of hydrogen-bond donors (Lipinski definition) is 1. The van der Waals surface area contributed by atoms with Gasteiger partial charge in [0.15, 0.2) is 0 Å². The van der Waals surface area contributed by atoms with Crippen molar-refractivity contribution in [3.05, 3.63) is 70.9 Å². The van der Waals surface area contributed by atoms with Crippen molar-refractivity contribution in [3.8, 4) is 0 Å². The van der Waals surface area contributed by atoms with Gasteiger partial charge in [0.1, 0.15) is 0 Å². The van der Waals surface area contributed by atoms with Gasteiger partial charge in [-0.05, 0) is 56.0 Å². The second kappa shape index (κ2) is 7.80. The van der Waals surface area contributed by atoms with Crippen molar-refractivity contribution < 1.29 is 4.79 Å². The van der Waals surface area contributed by atoms with Crippen molar-refractivity contribution in [2.75, 3.05) is 13.1 Å². The molecule has 146 valence electrons. The molecule has 1 fully saturated rings. The lowest BCUT2D eigenvalue weighted by Crippen LogP contribution is -2.44. The first-order chi connectivity index (χ1) is 13.5. The van der Waals surface area contributed by atoms with E-state index in [1.807, 2.05) is 12.1 Å². The summed E-state index contributed by atoms with van der Waals surface area (Å²) in [5, 5.41) is 4.42. The summed E-state index contributed by atoms with van der Waals surface area (Å²) in [6.45, 7) is 7.29. The van der Waals surface area contributed by atoms with Gasteiger partial charge in [0, 0.05) is 54.9 Å². The summed E-state index contributed by atoms with van der Waals surface area (Å²) in [5.41, 5.74) is 5.79. The Hall–Kier alpha value is -2.59. The summed E-state index contributed by atoms with van der Waals surface area (Å²) in [5.74, 6) is 0.0457. The van der Waals surface area contributed by atoms with Gasteiger partial charge in [-0.2, -0.15) is 0 Å². The van der Waals surface area contributed by atoms with Crippen LogP contribution in [0.3, 0.4) is 0 Å². The van der Waals surface area contributed by atoms with Gasteiger partial charge in [0.05, 0.1) is 0 Å². The Labute approximate surface area is 167 Å². The highest BCUT2D eigenvalue weighted by molar-refractivity contribution is 5.99. The number of carbonyl (C=O) groups excluding carboxylic acids is 1. The smallest absolute Gasteiger partial charge is 0.251 e. The third-order valence-corrected chi connectivity index (χ3v) is 6.24. The fraction of sp³-hybridized carbons (Fsp3) is 0.375. The minimum atomic E-state index is 0.0457. The van der Waals surface area contributed by atoms with E-state index in [1.165, 1.54) is 27.7 Å². The average Bonchev–Trinajstić information content (AvgIpc) is 2.94. The molecule has 4 nitrogen and oxygen atoms in total. The van der Waals surface area contributed by atoms with Crippen LogP contribution >= 0.6 is 0 Å². The van der Waals surface area contributed by atoms with Crippen LogP contribution in [0, 0.1) is 13.8 Å². The molecule has 2 aromatic carbocycles. The normalized spacial score (nSPS) is 15.8. The maximum Gasteiger partial charge on any atom is 0.251 e. The van der Waals surface area contributed by atoms with Gasteiger partial charge < -0.3 is 9.88 Å². The van der Waals surface area contributed by atoms with E-state index in [-0.39, 0.29) is 11.9 Å². The van der Waals surface area contributed by atoms with Crippen LogP contribution in [0.25, 0.3) is 10.9 Å². The number of fused-ring (bicyclic) bond motifs is 1. The lowest BCUT2D eigenvalue weighted by molar-refractivity contribution is 0.0909. The molecule has 0 unspecified atom stereocenters. The molecule has 1 aromatic heterocycles. The van der Waals surface area contributed by atoms with Crippen molar-refractivity contribution in [3.63, 3.8) is 0 Å². The van der Waals surface area contributed by atoms with Crippen molar-refractivity contribution >= 4 is 16.8 Å². The molecule has 0 saturated carbocycles. The van der Waals surface area contributed by atoms with E-state index in [2.05, 4.69) is 72.1 Å². The highest BCUT2D eigenvalue weighted by Crippen LogP contribution is 2.25. The van der Waals surface area contributed by atoms with E-state index < -0.39 is 0 Å². The van der Waals surface area contributed by atoms with Gasteiger partial charge in [-0.15, -0.1) is 0 Å². The first kappa shape index (κ1) is 18.8. The topological polar surface area (TPSA) is 37.3 Å². The van der Waals surface area contributed by atoms with Crippen LogP contribution in [-0.2, 0) is 13.6 Å². The van der Waals surface area contributed by atoms with Gasteiger partial charge in [-0.3, -0.25) is 9.69 Å². The lowest BCUT2D eigenvalue weighted by atomic mass is 10.0. The van der Waals surface area contributed by atoms with Crippen LogP contribution in [0.1, 0.15) is 40.0 Å². The fourth-order valence-electron chi connectivity index (χ4n) is 4.24. The molecule has 4 heteroatoms. The molecule has 1 N–H and O–H groups in total. The van der Waals surface area contributed by atoms with Crippen LogP contribution in [0.15, 0.2) is 48.5 Å². The summed E-state index contributed by atoms with van der Waals surface area (Å²) in [7, 11) is 2.08. The van der Waals surface area contributed by atoms with Gasteiger partial charge in [-0.25, -0.2) is 0 Å². The van der Waals surface area contributed by atoms with E-state index in [4.69, 9.17) is 0 Å². The monoisotopic (exact) mass is 375 g/mol. The number of piperidine rings is 1. The number of aromatic nitrogens is 1. The maximum atomic E-state index is 12.8. The molecule has 4 rings (SSSR count). The molecule has 1 aliphatic heterocycles. The molecule has 1 amide bonds. The van der Waals surface area contributed by atoms with Crippen molar-refractivity contribution in [1.82, 2.24) is 14.8 Å². The Morgan fingerprint density at radius 1 is 1.07 bits per heavy atom. The molecule has 2 heterocycles. The zero-order valence-corrected chi connectivity index (χ0v) is 17.0. The van der Waals surface area contributed by atoms with Crippen LogP contribution in [0.5, 0.6) is 0 Å². The Morgan fingerprint density at radius 2 is 1.79 bits per heavy atom. The van der Waals surface area contributed by atoms with E-state index >= 15 is 0 Å². The fourth-order valence-corrected chi connectivity index (χ4v) is 4.24. The molecular formula is C24H29N3O. The minimum Gasteiger partial charge on any atom is -0.349 e. The molecule has 1 saturated heterocycles. The summed E-state index contributed by atoms with van der Waals surface area (Å²) in [4.78, 5) is 15.3. The third-order valence-electron chi connectivity index (χ3n) is 6.24. The summed E-state index contributed by atoms with van der Waals surface area (Å²) in [6.07, 6.45) is 2.01. The number of carbonyl (C=O) groups is 1. The van der Waals surface area contributed by atoms with Gasteiger partial charge in [0.2, 0.25) is 0 Å². The molecular weight excluding hydrogens is 346 g/mol. The summed E-state index contributed by atoms with van der Waals surface area (Å²) in [6, 6.07) is 16.9. The first-order valence-electron chi connectivity index (χ1n) is 10.2. The molecule has 0 spiro atoms. The van der Waals surface area contributed by atoms with Crippen LogP contribution in [0.2, 0.25) is 0 Å². The van der Waals surface area contributed by atoms with Crippen LogP contribution < -0.4 is 5.32 Å². The highest BCUT2D eigenvalue weighted by atomic mass is 16.1.